The average molecular weight is 733 g/mol. The number of rotatable bonds is 5. The van der Waals surface area contributed by atoms with Crippen molar-refractivity contribution in [3.63, 3.8) is 0 Å². The van der Waals surface area contributed by atoms with Gasteiger partial charge in [-0.1, -0.05) is 157 Å². The Morgan fingerprint density at radius 3 is 1.61 bits per heavy atom. The van der Waals surface area contributed by atoms with Gasteiger partial charge in [-0.15, -0.1) is 0 Å². The minimum atomic E-state index is -0.441. The van der Waals surface area contributed by atoms with Gasteiger partial charge < -0.3 is 4.74 Å². The molecule has 0 aliphatic carbocycles. The van der Waals surface area contributed by atoms with Crippen LogP contribution in [0.25, 0.3) is 110 Å². The molecule has 1 aliphatic rings. The lowest BCUT2D eigenvalue weighted by atomic mass is 9.85. The van der Waals surface area contributed by atoms with E-state index in [0.29, 0.717) is 22.6 Å². The van der Waals surface area contributed by atoms with Gasteiger partial charge in [0.05, 0.1) is 13.7 Å². The van der Waals surface area contributed by atoms with Gasteiger partial charge in [-0.2, -0.15) is 0 Å². The lowest BCUT2D eigenvalue weighted by molar-refractivity contribution is 0.487. The molecule has 0 saturated carbocycles. The van der Waals surface area contributed by atoms with Crippen LogP contribution in [0, 0.1) is 0 Å². The van der Waals surface area contributed by atoms with Crippen LogP contribution in [0.2, 0.25) is 0 Å². The molecule has 264 valence electrons. The summed E-state index contributed by atoms with van der Waals surface area (Å²) in [5, 5.41) is 7.63. The van der Waals surface area contributed by atoms with Gasteiger partial charge in [-0.3, -0.25) is 0 Å². The molecule has 1 aliphatic heterocycles. The van der Waals surface area contributed by atoms with Crippen LogP contribution in [-0.4, -0.2) is 0 Å². The minimum absolute atomic E-state index is 0.124. The first-order chi connectivity index (χ1) is 32.4. The van der Waals surface area contributed by atoms with Crippen molar-refractivity contribution >= 4 is 43.1 Å². The van der Waals surface area contributed by atoms with E-state index in [0.717, 1.165) is 87.6 Å². The van der Waals surface area contributed by atoms with Crippen LogP contribution >= 0.6 is 0 Å². The molecule has 0 fully saturated rings. The predicted octanol–water partition coefficient (Wildman–Crippen LogP) is 15.8. The maximum absolute atomic E-state index is 8.83. The molecule has 0 spiro atoms. The van der Waals surface area contributed by atoms with Crippen molar-refractivity contribution in [2.75, 3.05) is 0 Å². The molecule has 11 aromatic carbocycles. The second-order valence-corrected chi connectivity index (χ2v) is 14.5. The monoisotopic (exact) mass is 732 g/mol. The van der Waals surface area contributed by atoms with Crippen molar-refractivity contribution in [2.24, 2.45) is 0 Å². The molecular weight excluding hydrogens is 689 g/mol. The maximum Gasteiger partial charge on any atom is 0.135 e. The van der Waals surface area contributed by atoms with Crippen LogP contribution < -0.4 is 4.74 Å². The van der Waals surface area contributed by atoms with E-state index in [1.165, 1.54) is 0 Å². The Kier molecular flexibility index (Phi) is 5.15. The summed E-state index contributed by atoms with van der Waals surface area (Å²) >= 11 is 0. The Balaban J connectivity index is 1.08. The van der Waals surface area contributed by atoms with E-state index >= 15 is 0 Å². The molecule has 0 aromatic heterocycles. The molecule has 11 aromatic rings. The van der Waals surface area contributed by atoms with Gasteiger partial charge in [0.1, 0.15) is 11.5 Å². The third-order valence-corrected chi connectivity index (χ3v) is 11.3. The summed E-state index contributed by atoms with van der Waals surface area (Å²) in [5.41, 5.74) is 8.93. The van der Waals surface area contributed by atoms with Crippen molar-refractivity contribution in [1.82, 2.24) is 0 Å². The average Bonchev–Trinajstić information content (AvgIpc) is 3.36. The van der Waals surface area contributed by atoms with Crippen LogP contribution in [0.4, 0.5) is 0 Å². The minimum Gasteiger partial charge on any atom is -0.456 e. The van der Waals surface area contributed by atoms with E-state index in [4.69, 9.17) is 18.4 Å². The molecular formula is C56H34O. The zero-order chi connectivity index (χ0) is 46.2. The van der Waals surface area contributed by atoms with Crippen molar-refractivity contribution in [3.05, 3.63) is 206 Å². The molecule has 0 amide bonds. The fraction of sp³-hybridized carbons (Fsp3) is 0. The van der Waals surface area contributed by atoms with E-state index in [1.807, 2.05) is 60.7 Å². The largest absolute Gasteiger partial charge is 0.456 e. The van der Waals surface area contributed by atoms with Gasteiger partial charge in [-0.25, -0.2) is 0 Å². The topological polar surface area (TPSA) is 9.23 Å². The van der Waals surface area contributed by atoms with Crippen LogP contribution in [0.5, 0.6) is 11.5 Å². The van der Waals surface area contributed by atoms with Crippen LogP contribution in [0.1, 0.15) is 13.7 Å². The smallest absolute Gasteiger partial charge is 0.135 e. The molecule has 57 heavy (non-hydrogen) atoms. The Hall–Kier alpha value is -7.48. The summed E-state index contributed by atoms with van der Waals surface area (Å²) in [6, 6.07) is 45.5. The second kappa shape index (κ2) is 12.5. The first-order valence-corrected chi connectivity index (χ1v) is 18.8. The lowest BCUT2D eigenvalue weighted by Gasteiger charge is -2.23. The van der Waals surface area contributed by atoms with Gasteiger partial charge in [-0.05, 0) is 147 Å². The normalized spacial score (nSPS) is 14.5. The molecule has 0 N–H and O–H groups in total. The Labute approximate surface area is 345 Å². The zero-order valence-corrected chi connectivity index (χ0v) is 30.3. The highest BCUT2D eigenvalue weighted by atomic mass is 16.5. The highest BCUT2D eigenvalue weighted by molar-refractivity contribution is 6.27. The maximum atomic E-state index is 8.83. The third kappa shape index (κ3) is 5.10. The molecule has 0 bridgehead atoms. The molecule has 12 rings (SSSR count). The molecule has 0 radical (unpaired) electrons. The number of ether oxygens (including phenoxy) is 1. The Morgan fingerprint density at radius 2 is 0.895 bits per heavy atom. The van der Waals surface area contributed by atoms with Gasteiger partial charge in [0.25, 0.3) is 0 Å². The molecule has 1 heterocycles. The number of benzene rings is 11. The molecule has 1 heteroatoms. The van der Waals surface area contributed by atoms with Crippen molar-refractivity contribution in [2.45, 2.75) is 0 Å². The van der Waals surface area contributed by atoms with Gasteiger partial charge in [0.15, 0.2) is 0 Å². The molecule has 0 saturated heterocycles. The van der Waals surface area contributed by atoms with Crippen LogP contribution in [0.3, 0.4) is 0 Å². The summed E-state index contributed by atoms with van der Waals surface area (Å²) in [6.45, 7) is 0. The van der Waals surface area contributed by atoms with Gasteiger partial charge >= 0.3 is 0 Å². The molecule has 0 atom stereocenters. The van der Waals surface area contributed by atoms with Crippen molar-refractivity contribution in [1.29, 1.82) is 0 Å². The summed E-state index contributed by atoms with van der Waals surface area (Å²) in [7, 11) is 0. The fourth-order valence-corrected chi connectivity index (χ4v) is 8.76. The summed E-state index contributed by atoms with van der Waals surface area (Å²) < 4.78 is 91.5. The summed E-state index contributed by atoms with van der Waals surface area (Å²) in [4.78, 5) is 0. The van der Waals surface area contributed by atoms with E-state index in [2.05, 4.69) is 72.8 Å². The molecule has 1 nitrogen and oxygen atoms in total. The number of hydrogen-bond donors (Lipinski definition) is 0. The van der Waals surface area contributed by atoms with E-state index < -0.39 is 24.2 Å². The highest BCUT2D eigenvalue weighted by Crippen LogP contribution is 2.50. The molecule has 0 unspecified atom stereocenters. The van der Waals surface area contributed by atoms with Gasteiger partial charge in [0, 0.05) is 10.9 Å². The highest BCUT2D eigenvalue weighted by Gasteiger charge is 2.23. The van der Waals surface area contributed by atoms with E-state index in [1.54, 1.807) is 12.1 Å². The SMILES string of the molecule is [2H]c1c([2H])c([2H])c(-c2ccc3c(c2)-c2cc(-c4cc(-c5ccccc5)cc(-c5ccc6ccc7c(-c8c([2H])c([2H])c([2H])c([2H])c8[2H])ccc8ccc5c6c87)c4)cc4cccc(c24)O3)c([2H])c1[2H]. The first-order valence-electron chi connectivity index (χ1n) is 23.8. The third-order valence-electron chi connectivity index (χ3n) is 11.3. The first kappa shape index (κ1) is 23.4. The van der Waals surface area contributed by atoms with Crippen LogP contribution in [0.15, 0.2) is 206 Å². The van der Waals surface area contributed by atoms with Crippen molar-refractivity contribution < 1.29 is 18.4 Å². The van der Waals surface area contributed by atoms with E-state index in [9.17, 15) is 0 Å². The summed E-state index contributed by atoms with van der Waals surface area (Å²) in [6.07, 6.45) is 0. The van der Waals surface area contributed by atoms with Crippen molar-refractivity contribution in [3.8, 4) is 78.3 Å². The zero-order valence-electron chi connectivity index (χ0n) is 40.3. The number of fused-ring (bicyclic) bond motifs is 2. The standard InChI is InChI=1S/C56H34O/c1-4-11-35(12-5-1)40-23-28-52-50(33-40)51-34-44(29-41-17-10-18-53(57-52)54(41)51)43-30-42(36-13-6-2-7-14-36)31-45(32-43)47-25-20-39-21-26-48-46(37-15-8-3-9-16-37)24-19-38-22-27-49(47)56(39)55(38)48/h1-34H/i1D,3D,4D,5D,8D,9D,11D,12D,15D,16D. The van der Waals surface area contributed by atoms with Gasteiger partial charge in [0.2, 0.25) is 0 Å². The Morgan fingerprint density at radius 1 is 0.298 bits per heavy atom. The van der Waals surface area contributed by atoms with E-state index in [-0.39, 0.29) is 47.4 Å². The summed E-state index contributed by atoms with van der Waals surface area (Å²) in [5.74, 6) is 1.29. The quantitative estimate of drug-likeness (QED) is 0.160. The predicted molar refractivity (Wildman–Crippen MR) is 240 cm³/mol. The van der Waals surface area contributed by atoms with Crippen LogP contribution in [-0.2, 0) is 0 Å². The number of hydrogen-bond acceptors (Lipinski definition) is 1. The second-order valence-electron chi connectivity index (χ2n) is 14.5. The Bertz CT molecular complexity index is 3900. The lowest BCUT2D eigenvalue weighted by Crippen LogP contribution is -1.98. The fourth-order valence-electron chi connectivity index (χ4n) is 8.76.